The fourth-order valence-electron chi connectivity index (χ4n) is 3.25. The number of carbonyl (C=O) groups excluding carboxylic acids is 1. The lowest BCUT2D eigenvalue weighted by molar-refractivity contribution is -0.120. The van der Waals surface area contributed by atoms with E-state index in [1.54, 1.807) is 18.2 Å². The molecule has 3 rings (SSSR count). The highest BCUT2D eigenvalue weighted by atomic mass is 35.5. The quantitative estimate of drug-likeness (QED) is 0.820. The summed E-state index contributed by atoms with van der Waals surface area (Å²) < 4.78 is 27.0. The van der Waals surface area contributed by atoms with Gasteiger partial charge in [-0.2, -0.15) is 0 Å². The molecular weight excluding hydrogens is 384 g/mol. The number of anilines is 1. The van der Waals surface area contributed by atoms with Crippen molar-refractivity contribution < 1.29 is 13.2 Å². The Morgan fingerprint density at radius 2 is 1.74 bits per heavy atom. The van der Waals surface area contributed by atoms with Gasteiger partial charge in [0.1, 0.15) is 0 Å². The van der Waals surface area contributed by atoms with E-state index in [1.165, 1.54) is 4.31 Å². The van der Waals surface area contributed by atoms with Crippen LogP contribution in [0, 0.1) is 12.8 Å². The highest BCUT2D eigenvalue weighted by Crippen LogP contribution is 2.26. The molecule has 1 heterocycles. The molecule has 0 spiro atoms. The van der Waals surface area contributed by atoms with Gasteiger partial charge in [-0.1, -0.05) is 48.0 Å². The number of nitrogens with one attached hydrogen (secondary N) is 1. The maximum Gasteiger partial charge on any atom is 0.227 e. The second kappa shape index (κ2) is 8.42. The van der Waals surface area contributed by atoms with Crippen LogP contribution >= 0.6 is 11.6 Å². The first kappa shape index (κ1) is 19.9. The van der Waals surface area contributed by atoms with Gasteiger partial charge in [0.05, 0.1) is 16.5 Å². The molecule has 1 aliphatic rings. The van der Waals surface area contributed by atoms with Crippen LogP contribution in [0.5, 0.6) is 0 Å². The summed E-state index contributed by atoms with van der Waals surface area (Å²) in [5.74, 6) is -0.332. The molecule has 2 aromatic rings. The van der Waals surface area contributed by atoms with Gasteiger partial charge in [0.25, 0.3) is 0 Å². The number of aryl methyl sites for hydroxylation is 1. The SMILES string of the molecule is Cc1ccccc1CS(=O)(=O)N1CCC(C(=O)Nc2ccccc2Cl)CC1. The van der Waals surface area contributed by atoms with E-state index in [4.69, 9.17) is 11.6 Å². The van der Waals surface area contributed by atoms with E-state index in [1.807, 2.05) is 37.3 Å². The predicted octanol–water partition coefficient (Wildman–Crippen LogP) is 3.83. The second-order valence-corrected chi connectivity index (χ2v) is 9.20. The number of sulfonamides is 1. The molecule has 2 aromatic carbocycles. The van der Waals surface area contributed by atoms with Crippen LogP contribution in [0.3, 0.4) is 0 Å². The van der Waals surface area contributed by atoms with E-state index in [0.717, 1.165) is 11.1 Å². The summed E-state index contributed by atoms with van der Waals surface area (Å²) in [5, 5.41) is 3.33. The molecule has 1 saturated heterocycles. The molecule has 0 saturated carbocycles. The lowest BCUT2D eigenvalue weighted by Gasteiger charge is -2.30. The molecule has 5 nitrogen and oxygen atoms in total. The Morgan fingerprint density at radius 1 is 1.11 bits per heavy atom. The lowest BCUT2D eigenvalue weighted by atomic mass is 9.97. The Labute approximate surface area is 165 Å². The third-order valence-electron chi connectivity index (χ3n) is 4.95. The van der Waals surface area contributed by atoms with Crippen molar-refractivity contribution in [2.45, 2.75) is 25.5 Å². The van der Waals surface area contributed by atoms with Crippen LogP contribution in [0.4, 0.5) is 5.69 Å². The fraction of sp³-hybridized carbons (Fsp3) is 0.350. The summed E-state index contributed by atoms with van der Waals surface area (Å²) in [7, 11) is -3.39. The Bertz CT molecular complexity index is 922. The number of piperidine rings is 1. The van der Waals surface area contributed by atoms with Crippen molar-refractivity contribution in [2.24, 2.45) is 5.92 Å². The van der Waals surface area contributed by atoms with E-state index >= 15 is 0 Å². The summed E-state index contributed by atoms with van der Waals surface area (Å²) in [5.41, 5.74) is 2.37. The van der Waals surface area contributed by atoms with Gasteiger partial charge >= 0.3 is 0 Å². The topological polar surface area (TPSA) is 66.5 Å². The van der Waals surface area contributed by atoms with Crippen LogP contribution in [0.15, 0.2) is 48.5 Å². The van der Waals surface area contributed by atoms with Gasteiger partial charge in [-0.05, 0) is 43.0 Å². The van der Waals surface area contributed by atoms with Crippen molar-refractivity contribution in [1.29, 1.82) is 0 Å². The number of rotatable bonds is 5. The number of halogens is 1. The predicted molar refractivity (Wildman–Crippen MR) is 108 cm³/mol. The smallest absolute Gasteiger partial charge is 0.227 e. The number of carbonyl (C=O) groups is 1. The molecule has 0 radical (unpaired) electrons. The number of amides is 1. The molecule has 0 bridgehead atoms. The minimum absolute atomic E-state index is 0.00381. The Balaban J connectivity index is 1.59. The second-order valence-electron chi connectivity index (χ2n) is 6.83. The monoisotopic (exact) mass is 406 g/mol. The van der Waals surface area contributed by atoms with Gasteiger partial charge in [0.2, 0.25) is 15.9 Å². The van der Waals surface area contributed by atoms with E-state index in [0.29, 0.717) is 36.6 Å². The van der Waals surface area contributed by atoms with Crippen molar-refractivity contribution in [3.63, 3.8) is 0 Å². The molecule has 0 aromatic heterocycles. The minimum Gasteiger partial charge on any atom is -0.325 e. The fourth-order valence-corrected chi connectivity index (χ4v) is 5.10. The normalized spacial score (nSPS) is 16.2. The lowest BCUT2D eigenvalue weighted by Crippen LogP contribution is -2.42. The van der Waals surface area contributed by atoms with Crippen LogP contribution in [0.25, 0.3) is 0 Å². The first-order valence-electron chi connectivity index (χ1n) is 8.94. The molecule has 1 N–H and O–H groups in total. The van der Waals surface area contributed by atoms with Gasteiger partial charge in [0.15, 0.2) is 0 Å². The highest BCUT2D eigenvalue weighted by molar-refractivity contribution is 7.88. The van der Waals surface area contributed by atoms with Crippen LogP contribution in [-0.4, -0.2) is 31.7 Å². The third kappa shape index (κ3) is 4.89. The van der Waals surface area contributed by atoms with Gasteiger partial charge in [-0.25, -0.2) is 12.7 Å². The van der Waals surface area contributed by atoms with Crippen molar-refractivity contribution in [3.05, 3.63) is 64.7 Å². The zero-order chi connectivity index (χ0) is 19.4. The van der Waals surface area contributed by atoms with Crippen molar-refractivity contribution in [3.8, 4) is 0 Å². The molecule has 1 aliphatic heterocycles. The van der Waals surface area contributed by atoms with E-state index in [9.17, 15) is 13.2 Å². The van der Waals surface area contributed by atoms with Gasteiger partial charge in [-0.15, -0.1) is 0 Å². The number of hydrogen-bond donors (Lipinski definition) is 1. The van der Waals surface area contributed by atoms with E-state index in [2.05, 4.69) is 5.32 Å². The summed E-state index contributed by atoms with van der Waals surface area (Å²) in [4.78, 5) is 12.5. The molecule has 1 amide bonds. The van der Waals surface area contributed by atoms with Crippen LogP contribution < -0.4 is 5.32 Å². The number of benzene rings is 2. The molecule has 0 atom stereocenters. The zero-order valence-electron chi connectivity index (χ0n) is 15.2. The van der Waals surface area contributed by atoms with Crippen LogP contribution in [0.2, 0.25) is 5.02 Å². The molecule has 27 heavy (non-hydrogen) atoms. The number of nitrogens with zero attached hydrogens (tertiary/aromatic N) is 1. The van der Waals surface area contributed by atoms with Crippen molar-refractivity contribution in [1.82, 2.24) is 4.31 Å². The van der Waals surface area contributed by atoms with E-state index in [-0.39, 0.29) is 17.6 Å². The Morgan fingerprint density at radius 3 is 2.41 bits per heavy atom. The van der Waals surface area contributed by atoms with Gasteiger partial charge in [0, 0.05) is 19.0 Å². The van der Waals surface area contributed by atoms with Crippen molar-refractivity contribution in [2.75, 3.05) is 18.4 Å². The molecule has 0 unspecified atom stereocenters. The van der Waals surface area contributed by atoms with Gasteiger partial charge in [-0.3, -0.25) is 4.79 Å². The average Bonchev–Trinajstić information content (AvgIpc) is 2.65. The summed E-state index contributed by atoms with van der Waals surface area (Å²) in [6, 6.07) is 14.6. The minimum atomic E-state index is -3.39. The van der Waals surface area contributed by atoms with E-state index < -0.39 is 10.0 Å². The third-order valence-corrected chi connectivity index (χ3v) is 7.11. The molecule has 144 valence electrons. The number of hydrogen-bond acceptors (Lipinski definition) is 3. The number of para-hydroxylation sites is 1. The molecular formula is C20H23ClN2O3S. The largest absolute Gasteiger partial charge is 0.325 e. The average molecular weight is 407 g/mol. The standard InChI is InChI=1S/C20H23ClN2O3S/c1-15-6-2-3-7-17(15)14-27(25,26)23-12-10-16(11-13-23)20(24)22-19-9-5-4-8-18(19)21/h2-9,16H,10-14H2,1H3,(H,22,24). The molecule has 1 fully saturated rings. The zero-order valence-corrected chi connectivity index (χ0v) is 16.8. The first-order valence-corrected chi connectivity index (χ1v) is 10.9. The summed E-state index contributed by atoms with van der Waals surface area (Å²) in [6.45, 7) is 2.62. The molecule has 0 aliphatic carbocycles. The Hall–Kier alpha value is -1.89. The summed E-state index contributed by atoms with van der Waals surface area (Å²) >= 11 is 6.08. The van der Waals surface area contributed by atoms with Crippen molar-refractivity contribution >= 4 is 33.2 Å². The maximum absolute atomic E-state index is 12.7. The summed E-state index contributed by atoms with van der Waals surface area (Å²) in [6.07, 6.45) is 1.01. The molecule has 7 heteroatoms. The Kier molecular flexibility index (Phi) is 6.19. The van der Waals surface area contributed by atoms with Crippen LogP contribution in [-0.2, 0) is 20.6 Å². The van der Waals surface area contributed by atoms with Crippen LogP contribution in [0.1, 0.15) is 24.0 Å². The first-order chi connectivity index (χ1) is 12.9. The highest BCUT2D eigenvalue weighted by Gasteiger charge is 2.31. The van der Waals surface area contributed by atoms with Gasteiger partial charge < -0.3 is 5.32 Å². The maximum atomic E-state index is 12.7.